The molecule has 0 amide bonds. The molecule has 1 saturated heterocycles. The molecule has 2 N–H and O–H groups in total. The van der Waals surface area contributed by atoms with E-state index < -0.39 is 17.1 Å². The number of hydrogen-bond acceptors (Lipinski definition) is 6. The Balaban J connectivity index is 1.97. The Hall–Kier alpha value is -1.63. The van der Waals surface area contributed by atoms with Gasteiger partial charge in [0.15, 0.2) is 17.3 Å². The monoisotopic (exact) mass is 347 g/mol. The van der Waals surface area contributed by atoms with E-state index in [9.17, 15) is 15.0 Å². The van der Waals surface area contributed by atoms with Crippen LogP contribution in [0.25, 0.3) is 0 Å². The summed E-state index contributed by atoms with van der Waals surface area (Å²) in [4.78, 5) is 14.9. The van der Waals surface area contributed by atoms with Gasteiger partial charge in [0.05, 0.1) is 12.7 Å². The first-order valence-electron chi connectivity index (χ1n) is 8.75. The molecular formula is C19H25NO5. The Bertz CT molecular complexity index is 735. The van der Waals surface area contributed by atoms with Gasteiger partial charge in [0.1, 0.15) is 6.10 Å². The van der Waals surface area contributed by atoms with Gasteiger partial charge in [-0.05, 0) is 38.1 Å². The lowest BCUT2D eigenvalue weighted by molar-refractivity contribution is -0.188. The molecule has 1 aliphatic heterocycles. The molecule has 2 fully saturated rings. The third-order valence-corrected chi connectivity index (χ3v) is 6.76. The maximum atomic E-state index is 12.7. The minimum absolute atomic E-state index is 0.00875. The number of nitrogens with zero attached hydrogens (tertiary/aromatic N) is 1. The molecule has 4 atom stereocenters. The average Bonchev–Trinajstić information content (AvgIpc) is 2.58. The van der Waals surface area contributed by atoms with E-state index in [4.69, 9.17) is 9.47 Å². The van der Waals surface area contributed by atoms with Gasteiger partial charge in [-0.1, -0.05) is 6.07 Å². The zero-order valence-corrected chi connectivity index (χ0v) is 14.9. The van der Waals surface area contributed by atoms with Crippen LogP contribution in [0.2, 0.25) is 0 Å². The number of likely N-dealkylation sites (N-methyl/N-ethyl adjacent to an activating group) is 1. The van der Waals surface area contributed by atoms with Crippen molar-refractivity contribution in [1.82, 2.24) is 4.90 Å². The summed E-state index contributed by atoms with van der Waals surface area (Å²) >= 11 is 0. The maximum Gasteiger partial charge on any atom is 0.162 e. The second kappa shape index (κ2) is 5.43. The number of benzene rings is 1. The van der Waals surface area contributed by atoms with Gasteiger partial charge >= 0.3 is 0 Å². The molecule has 1 unspecified atom stereocenters. The minimum Gasteiger partial charge on any atom is -0.504 e. The summed E-state index contributed by atoms with van der Waals surface area (Å²) in [6.07, 6.45) is 1.09. The summed E-state index contributed by atoms with van der Waals surface area (Å²) in [5.41, 5.74) is -0.224. The molecule has 0 radical (unpaired) electrons. The summed E-state index contributed by atoms with van der Waals surface area (Å²) in [7, 11) is 5.04. The van der Waals surface area contributed by atoms with Crippen molar-refractivity contribution in [3.8, 4) is 11.5 Å². The molecule has 0 spiro atoms. The molecule has 6 nitrogen and oxygen atoms in total. The highest BCUT2D eigenvalue weighted by Crippen LogP contribution is 2.60. The highest BCUT2D eigenvalue weighted by molar-refractivity contribution is 5.87. The van der Waals surface area contributed by atoms with Gasteiger partial charge in [0.25, 0.3) is 0 Å². The molecule has 6 heteroatoms. The topological polar surface area (TPSA) is 79.2 Å². The highest BCUT2D eigenvalue weighted by Gasteiger charge is 2.67. The molecule has 3 aliphatic rings. The van der Waals surface area contributed by atoms with Crippen molar-refractivity contribution in [3.63, 3.8) is 0 Å². The number of hydrogen-bond donors (Lipinski definition) is 2. The first kappa shape index (κ1) is 16.8. The number of methoxy groups -OCH3 is 2. The number of phenols is 1. The van der Waals surface area contributed by atoms with Gasteiger partial charge in [-0.25, -0.2) is 0 Å². The van der Waals surface area contributed by atoms with E-state index >= 15 is 0 Å². The second-order valence-electron chi connectivity index (χ2n) is 7.68. The van der Waals surface area contributed by atoms with Crippen molar-refractivity contribution in [3.05, 3.63) is 23.3 Å². The molecule has 25 heavy (non-hydrogen) atoms. The number of ketones is 1. The van der Waals surface area contributed by atoms with E-state index in [1.54, 1.807) is 6.07 Å². The van der Waals surface area contributed by atoms with Crippen LogP contribution >= 0.6 is 0 Å². The van der Waals surface area contributed by atoms with Crippen LogP contribution < -0.4 is 4.74 Å². The van der Waals surface area contributed by atoms with Crippen molar-refractivity contribution in [2.75, 3.05) is 27.8 Å². The molecule has 1 saturated carbocycles. The van der Waals surface area contributed by atoms with Crippen LogP contribution in [0.15, 0.2) is 12.1 Å². The van der Waals surface area contributed by atoms with Gasteiger partial charge in [0, 0.05) is 37.0 Å². The molecule has 4 rings (SSSR count). The van der Waals surface area contributed by atoms with Crippen molar-refractivity contribution in [2.24, 2.45) is 0 Å². The Morgan fingerprint density at radius 1 is 1.32 bits per heavy atom. The van der Waals surface area contributed by atoms with Crippen LogP contribution in [-0.4, -0.2) is 66.5 Å². The molecule has 136 valence electrons. The summed E-state index contributed by atoms with van der Waals surface area (Å²) in [5, 5.41) is 22.7. The molecule has 1 aromatic carbocycles. The Kier molecular flexibility index (Phi) is 3.65. The van der Waals surface area contributed by atoms with Gasteiger partial charge in [-0.3, -0.25) is 4.79 Å². The molecule has 2 aliphatic carbocycles. The van der Waals surface area contributed by atoms with Crippen molar-refractivity contribution < 1.29 is 24.5 Å². The lowest BCUT2D eigenvalue weighted by Gasteiger charge is -2.63. The SMILES string of the molecule is COc1ccc2c(c1O)[C@@]13CCN(C)[C@@H](C2)[C@@]1(O)CC(OC)C(=O)C3. The third-order valence-electron chi connectivity index (χ3n) is 6.76. The van der Waals surface area contributed by atoms with Gasteiger partial charge in [-0.2, -0.15) is 0 Å². The van der Waals surface area contributed by atoms with Crippen molar-refractivity contribution in [1.29, 1.82) is 0 Å². The van der Waals surface area contributed by atoms with Crippen molar-refractivity contribution in [2.45, 2.75) is 48.8 Å². The smallest absolute Gasteiger partial charge is 0.162 e. The number of carbonyl (C=O) groups is 1. The lowest BCUT2D eigenvalue weighted by Crippen LogP contribution is -2.74. The van der Waals surface area contributed by atoms with E-state index in [1.165, 1.54) is 14.2 Å². The van der Waals surface area contributed by atoms with E-state index in [-0.39, 0.29) is 30.4 Å². The van der Waals surface area contributed by atoms with Crippen LogP contribution in [0.3, 0.4) is 0 Å². The molecule has 1 aromatic rings. The van der Waals surface area contributed by atoms with Crippen LogP contribution in [0, 0.1) is 0 Å². The number of ether oxygens (including phenoxy) is 2. The Morgan fingerprint density at radius 2 is 2.08 bits per heavy atom. The van der Waals surface area contributed by atoms with Gasteiger partial charge in [-0.15, -0.1) is 0 Å². The number of Topliss-reactive ketones (excluding diaryl/α,β-unsaturated/α-hetero) is 1. The van der Waals surface area contributed by atoms with Gasteiger partial charge in [0.2, 0.25) is 0 Å². The largest absolute Gasteiger partial charge is 0.504 e. The number of likely N-dealkylation sites (tertiary alicyclic amines) is 1. The molecule has 2 bridgehead atoms. The summed E-state index contributed by atoms with van der Waals surface area (Å²) in [6.45, 7) is 0.772. The predicted octanol–water partition coefficient (Wildman–Crippen LogP) is 1.01. The fraction of sp³-hybridized carbons (Fsp3) is 0.632. The Morgan fingerprint density at radius 3 is 2.76 bits per heavy atom. The average molecular weight is 347 g/mol. The van der Waals surface area contributed by atoms with Crippen molar-refractivity contribution >= 4 is 5.78 Å². The zero-order valence-electron chi connectivity index (χ0n) is 14.9. The minimum atomic E-state index is -1.12. The first-order valence-corrected chi connectivity index (χ1v) is 8.75. The number of piperidine rings is 1. The first-order chi connectivity index (χ1) is 11.9. The zero-order chi connectivity index (χ0) is 18.0. The van der Waals surface area contributed by atoms with E-state index in [0.29, 0.717) is 24.2 Å². The van der Waals surface area contributed by atoms with Crippen LogP contribution in [0.1, 0.15) is 30.4 Å². The summed E-state index contributed by atoms with van der Waals surface area (Å²) < 4.78 is 10.7. The fourth-order valence-corrected chi connectivity index (χ4v) is 5.46. The molecular weight excluding hydrogens is 322 g/mol. The van der Waals surface area contributed by atoms with Crippen LogP contribution in [0.5, 0.6) is 11.5 Å². The second-order valence-corrected chi connectivity index (χ2v) is 7.68. The normalized spacial score (nSPS) is 37.4. The summed E-state index contributed by atoms with van der Waals surface area (Å²) in [5.74, 6) is 0.435. The van der Waals surface area contributed by atoms with Crippen LogP contribution in [-0.2, 0) is 21.4 Å². The highest BCUT2D eigenvalue weighted by atomic mass is 16.5. The molecule has 0 aromatic heterocycles. The standard InChI is InChI=1S/C19H25NO5/c1-20-7-6-18-9-12(21)14(25-3)10-19(18,23)15(20)8-11-4-5-13(24-2)17(22)16(11)18/h4-5,14-15,22-23H,6-10H2,1-3H3/t14?,15-,18-,19-/m0/s1. The number of aliphatic hydroxyl groups is 1. The van der Waals surface area contributed by atoms with E-state index in [1.807, 2.05) is 13.1 Å². The number of phenolic OH excluding ortho intramolecular Hbond substituents is 1. The predicted molar refractivity (Wildman–Crippen MR) is 91.1 cm³/mol. The van der Waals surface area contributed by atoms with E-state index in [0.717, 1.165) is 12.1 Å². The van der Waals surface area contributed by atoms with Gasteiger partial charge < -0.3 is 24.6 Å². The number of carbonyl (C=O) groups excluding carboxylic acids is 1. The van der Waals surface area contributed by atoms with E-state index in [2.05, 4.69) is 4.90 Å². The quantitative estimate of drug-likeness (QED) is 0.831. The number of aromatic hydroxyl groups is 1. The number of rotatable bonds is 2. The fourth-order valence-electron chi connectivity index (χ4n) is 5.46. The number of fused-ring (bicyclic) bond motifs is 1. The maximum absolute atomic E-state index is 12.7. The lowest BCUT2D eigenvalue weighted by atomic mass is 9.49. The van der Waals surface area contributed by atoms with Crippen LogP contribution in [0.4, 0.5) is 0 Å². The summed E-state index contributed by atoms with van der Waals surface area (Å²) in [6, 6.07) is 3.61. The third kappa shape index (κ3) is 1.99. The molecule has 1 heterocycles. The Labute approximate surface area is 147 Å².